The Morgan fingerprint density at radius 2 is 2.17 bits per heavy atom. The average molecular weight is 416 g/mol. The molecule has 11 heteroatoms. The quantitative estimate of drug-likeness (QED) is 0.108. The smallest absolute Gasteiger partial charge is 0.534 e. The van der Waals surface area contributed by atoms with Crippen LogP contribution in [0.15, 0.2) is 46.8 Å². The molecule has 0 saturated heterocycles. The molecule has 1 amide bonds. The van der Waals surface area contributed by atoms with Crippen molar-refractivity contribution in [3.8, 4) is 5.75 Å². The number of carbonyl (C=O) groups is 2. The van der Waals surface area contributed by atoms with Gasteiger partial charge in [0.2, 0.25) is 5.91 Å². The number of para-hydroxylation sites is 1. The molecule has 1 aromatic carbocycles. The number of oxime groups is 1. The van der Waals surface area contributed by atoms with Gasteiger partial charge in [0.15, 0.2) is 0 Å². The number of carboxylic acid groups (broad SMARTS) is 1. The van der Waals surface area contributed by atoms with Crippen molar-refractivity contribution in [2.45, 2.75) is 25.7 Å². The zero-order valence-electron chi connectivity index (χ0n) is 16.5. The summed E-state index contributed by atoms with van der Waals surface area (Å²) in [6, 6.07) is 4.64. The van der Waals surface area contributed by atoms with E-state index in [1.807, 2.05) is 6.92 Å². The molecule has 1 heterocycles. The number of benzene rings is 1. The Morgan fingerprint density at radius 1 is 1.40 bits per heavy atom. The topological polar surface area (TPSA) is 167 Å². The molecular formula is C19H25BN4O6. The lowest BCUT2D eigenvalue weighted by Crippen LogP contribution is -2.53. The number of nitrogens with one attached hydrogen (secondary N) is 2. The number of amides is 1. The third-order valence-electron chi connectivity index (χ3n) is 4.38. The Kier molecular flexibility index (Phi) is 8.45. The third kappa shape index (κ3) is 6.36. The van der Waals surface area contributed by atoms with Crippen LogP contribution in [0.1, 0.15) is 29.3 Å². The van der Waals surface area contributed by atoms with Crippen molar-refractivity contribution in [1.82, 2.24) is 10.6 Å². The zero-order chi connectivity index (χ0) is 22.1. The summed E-state index contributed by atoms with van der Waals surface area (Å²) in [5.41, 5.74) is 7.21. The van der Waals surface area contributed by atoms with E-state index in [1.165, 1.54) is 6.07 Å². The Morgan fingerprint density at radius 3 is 2.83 bits per heavy atom. The van der Waals surface area contributed by atoms with Gasteiger partial charge in [-0.15, -0.1) is 0 Å². The molecular weight excluding hydrogens is 391 g/mol. The molecule has 1 atom stereocenters. The first-order valence-corrected chi connectivity index (χ1v) is 9.33. The fourth-order valence-electron chi connectivity index (χ4n) is 2.94. The van der Waals surface area contributed by atoms with Crippen LogP contribution >= 0.6 is 0 Å². The Hall–Kier alpha value is -3.31. The minimum Gasteiger partial charge on any atom is -0.534 e. The van der Waals surface area contributed by atoms with Crippen LogP contribution in [0.25, 0.3) is 0 Å². The molecule has 7 N–H and O–H groups in total. The molecule has 0 fully saturated rings. The van der Waals surface area contributed by atoms with Gasteiger partial charge in [-0.3, -0.25) is 4.79 Å². The van der Waals surface area contributed by atoms with Gasteiger partial charge in [-0.1, -0.05) is 23.4 Å². The largest absolute Gasteiger partial charge is 0.547 e. The normalized spacial score (nSPS) is 16.8. The van der Waals surface area contributed by atoms with Crippen LogP contribution in [-0.2, 0) is 11.2 Å². The summed E-state index contributed by atoms with van der Waals surface area (Å²) < 4.78 is 5.36. The SMILES string of the molecule is C\C(=C/C=C(\C=N\O)CC(=O)N[C@H]1Cc2cccc(C(=O)O)c2OB1O)NCCN. The van der Waals surface area contributed by atoms with Crippen molar-refractivity contribution in [2.24, 2.45) is 10.9 Å². The Bertz CT molecular complexity index is 871. The molecule has 1 aromatic rings. The molecule has 2 rings (SSSR count). The third-order valence-corrected chi connectivity index (χ3v) is 4.38. The molecule has 0 aromatic heterocycles. The molecule has 0 bridgehead atoms. The van der Waals surface area contributed by atoms with Gasteiger partial charge in [-0.25, -0.2) is 4.79 Å². The highest BCUT2D eigenvalue weighted by Crippen LogP contribution is 2.30. The fraction of sp³-hybridized carbons (Fsp3) is 0.316. The first kappa shape index (κ1) is 23.0. The number of allylic oxidation sites excluding steroid dienone is 3. The minimum atomic E-state index is -1.40. The maximum absolute atomic E-state index is 12.4. The second-order valence-electron chi connectivity index (χ2n) is 6.71. The van der Waals surface area contributed by atoms with E-state index in [1.54, 1.807) is 24.3 Å². The monoisotopic (exact) mass is 416 g/mol. The van der Waals surface area contributed by atoms with Crippen LogP contribution < -0.4 is 21.0 Å². The van der Waals surface area contributed by atoms with Gasteiger partial charge in [-0.2, -0.15) is 0 Å². The van der Waals surface area contributed by atoms with Crippen LogP contribution in [-0.4, -0.2) is 59.6 Å². The number of fused-ring (bicyclic) bond motifs is 1. The number of carbonyl (C=O) groups excluding carboxylic acids is 1. The first-order valence-electron chi connectivity index (χ1n) is 9.33. The lowest BCUT2D eigenvalue weighted by molar-refractivity contribution is -0.120. The summed E-state index contributed by atoms with van der Waals surface area (Å²) in [5, 5.41) is 37.0. The Labute approximate surface area is 174 Å². The number of hydrogen-bond donors (Lipinski definition) is 6. The van der Waals surface area contributed by atoms with Crippen LogP contribution in [0, 0.1) is 0 Å². The number of nitrogens with two attached hydrogens (primary N) is 1. The fourth-order valence-corrected chi connectivity index (χ4v) is 2.94. The number of rotatable bonds is 9. The number of nitrogens with zero attached hydrogens (tertiary/aromatic N) is 1. The zero-order valence-corrected chi connectivity index (χ0v) is 16.5. The van der Waals surface area contributed by atoms with Crippen LogP contribution in [0.3, 0.4) is 0 Å². The van der Waals surface area contributed by atoms with Gasteiger partial charge in [0.25, 0.3) is 0 Å². The predicted octanol–water partition coefficient (Wildman–Crippen LogP) is 0.0528. The maximum Gasteiger partial charge on any atom is 0.547 e. The second-order valence-corrected chi connectivity index (χ2v) is 6.71. The van der Waals surface area contributed by atoms with E-state index < -0.39 is 24.9 Å². The summed E-state index contributed by atoms with van der Waals surface area (Å²) in [4.78, 5) is 23.7. The summed E-state index contributed by atoms with van der Waals surface area (Å²) in [6.07, 6.45) is 4.60. The van der Waals surface area contributed by atoms with Crippen molar-refractivity contribution in [1.29, 1.82) is 0 Å². The Balaban J connectivity index is 2.06. The van der Waals surface area contributed by atoms with Crippen molar-refractivity contribution in [3.63, 3.8) is 0 Å². The average Bonchev–Trinajstić information content (AvgIpc) is 2.70. The van der Waals surface area contributed by atoms with Crippen LogP contribution in [0.2, 0.25) is 0 Å². The van der Waals surface area contributed by atoms with E-state index >= 15 is 0 Å². The van der Waals surface area contributed by atoms with Gasteiger partial charge in [-0.05, 0) is 36.6 Å². The number of carboxylic acids is 1. The van der Waals surface area contributed by atoms with Crippen molar-refractivity contribution < 1.29 is 29.6 Å². The van der Waals surface area contributed by atoms with Gasteiger partial charge >= 0.3 is 13.1 Å². The summed E-state index contributed by atoms with van der Waals surface area (Å²) >= 11 is 0. The first-order chi connectivity index (χ1) is 14.3. The molecule has 1 aliphatic rings. The minimum absolute atomic E-state index is 0.0499. The molecule has 10 nitrogen and oxygen atoms in total. The van der Waals surface area contributed by atoms with Crippen molar-refractivity contribution in [3.05, 3.63) is 52.7 Å². The number of aromatic carboxylic acids is 1. The molecule has 0 spiro atoms. The highest BCUT2D eigenvalue weighted by molar-refractivity contribution is 6.47. The van der Waals surface area contributed by atoms with Crippen LogP contribution in [0.4, 0.5) is 0 Å². The highest BCUT2D eigenvalue weighted by Gasteiger charge is 2.37. The van der Waals surface area contributed by atoms with Crippen molar-refractivity contribution >= 4 is 25.2 Å². The van der Waals surface area contributed by atoms with E-state index in [-0.39, 0.29) is 24.2 Å². The molecule has 0 aliphatic carbocycles. The van der Waals surface area contributed by atoms with Crippen molar-refractivity contribution in [2.75, 3.05) is 13.1 Å². The number of hydrogen-bond acceptors (Lipinski definition) is 8. The van der Waals surface area contributed by atoms with Gasteiger partial charge in [0, 0.05) is 18.8 Å². The van der Waals surface area contributed by atoms with Gasteiger partial charge < -0.3 is 36.4 Å². The molecule has 0 unspecified atom stereocenters. The maximum atomic E-state index is 12.4. The van der Waals surface area contributed by atoms with E-state index in [0.717, 1.165) is 11.9 Å². The summed E-state index contributed by atoms with van der Waals surface area (Å²) in [6.45, 7) is 2.91. The van der Waals surface area contributed by atoms with E-state index in [2.05, 4.69) is 15.8 Å². The van der Waals surface area contributed by atoms with E-state index in [4.69, 9.17) is 15.6 Å². The second kappa shape index (κ2) is 11.0. The van der Waals surface area contributed by atoms with Crippen LogP contribution in [0.5, 0.6) is 5.75 Å². The van der Waals surface area contributed by atoms with Gasteiger partial charge in [0.1, 0.15) is 5.75 Å². The standard InChI is InChI=1S/C19H25BN4O6/c1-12(22-8-7-21)5-6-13(11-23-29)9-17(25)24-16-10-14-3-2-4-15(19(26)27)18(14)30-20(16)28/h2-6,11,16,22,28-29H,7-10,21H2,1H3,(H,24,25)(H,26,27)/b12-5+,13-6-,23-11+/t16-/m0/s1. The molecule has 0 radical (unpaired) electrons. The molecule has 160 valence electrons. The molecule has 0 saturated carbocycles. The lowest BCUT2D eigenvalue weighted by atomic mass is 9.72. The molecule has 30 heavy (non-hydrogen) atoms. The van der Waals surface area contributed by atoms with E-state index in [9.17, 15) is 19.7 Å². The summed E-state index contributed by atoms with van der Waals surface area (Å²) in [5.74, 6) is -2.25. The lowest BCUT2D eigenvalue weighted by Gasteiger charge is -2.28. The summed E-state index contributed by atoms with van der Waals surface area (Å²) in [7, 11) is -1.40. The predicted molar refractivity (Wildman–Crippen MR) is 111 cm³/mol. The van der Waals surface area contributed by atoms with Gasteiger partial charge in [0.05, 0.1) is 24.1 Å². The van der Waals surface area contributed by atoms with E-state index in [0.29, 0.717) is 24.2 Å². The molecule has 1 aliphatic heterocycles. The highest BCUT2D eigenvalue weighted by atomic mass is 16.5.